The van der Waals surface area contributed by atoms with Crippen molar-refractivity contribution in [2.45, 2.75) is 26.8 Å². The normalized spacial score (nSPS) is 12.6. The maximum Gasteiger partial charge on any atom is 0.273 e. The van der Waals surface area contributed by atoms with Gasteiger partial charge in [0.2, 0.25) is 0 Å². The summed E-state index contributed by atoms with van der Waals surface area (Å²) in [6.07, 6.45) is 2.36. The van der Waals surface area contributed by atoms with E-state index in [1.807, 2.05) is 13.8 Å². The zero-order valence-corrected chi connectivity index (χ0v) is 18.3. The van der Waals surface area contributed by atoms with Gasteiger partial charge in [0.05, 0.1) is 22.5 Å². The molecule has 0 unspecified atom stereocenters. The zero-order valence-electron chi connectivity index (χ0n) is 18.3. The van der Waals surface area contributed by atoms with Gasteiger partial charge in [-0.25, -0.2) is 4.90 Å². The third kappa shape index (κ3) is 4.12. The molecule has 0 saturated carbocycles. The lowest BCUT2D eigenvalue weighted by Gasteiger charge is -2.15. The number of fused-ring (bicyclic) bond motifs is 1. The van der Waals surface area contributed by atoms with Crippen LogP contribution in [0.4, 0.5) is 11.4 Å². The van der Waals surface area contributed by atoms with Crippen LogP contribution in [0.25, 0.3) is 0 Å². The first-order valence-electron chi connectivity index (χ1n) is 10.7. The van der Waals surface area contributed by atoms with E-state index in [0.717, 1.165) is 11.3 Å². The third-order valence-electron chi connectivity index (χ3n) is 5.25. The quantitative estimate of drug-likeness (QED) is 0.543. The molecule has 2 N–H and O–H groups in total. The Kier molecular flexibility index (Phi) is 6.03. The Morgan fingerprint density at radius 1 is 0.939 bits per heavy atom. The van der Waals surface area contributed by atoms with Crippen molar-refractivity contribution in [3.8, 4) is 0 Å². The van der Waals surface area contributed by atoms with Gasteiger partial charge in [-0.2, -0.15) is 5.10 Å². The SMILES string of the molecule is CCCNC(=O)c1nn(CC)cc1NC(=O)c1cccc(N2C(=O)c3ccccc3C2=O)c1. The van der Waals surface area contributed by atoms with Crippen molar-refractivity contribution in [1.82, 2.24) is 15.1 Å². The van der Waals surface area contributed by atoms with Crippen LogP contribution in [-0.4, -0.2) is 40.0 Å². The first-order valence-corrected chi connectivity index (χ1v) is 10.7. The van der Waals surface area contributed by atoms with Crippen molar-refractivity contribution < 1.29 is 19.2 Å². The second kappa shape index (κ2) is 9.07. The number of nitrogens with zero attached hydrogens (tertiary/aromatic N) is 3. The lowest BCUT2D eigenvalue weighted by molar-refractivity contribution is 0.0919. The number of aryl methyl sites for hydroxylation is 1. The van der Waals surface area contributed by atoms with Gasteiger partial charge in [-0.1, -0.05) is 25.1 Å². The molecule has 168 valence electrons. The predicted octanol–water partition coefficient (Wildman–Crippen LogP) is 3.10. The van der Waals surface area contributed by atoms with Gasteiger partial charge in [-0.15, -0.1) is 0 Å². The van der Waals surface area contributed by atoms with E-state index in [1.165, 1.54) is 6.07 Å². The van der Waals surface area contributed by atoms with Crippen molar-refractivity contribution in [3.63, 3.8) is 0 Å². The lowest BCUT2D eigenvalue weighted by Crippen LogP contribution is -2.29. The Bertz CT molecular complexity index is 1230. The topological polar surface area (TPSA) is 113 Å². The number of anilines is 2. The van der Waals surface area contributed by atoms with Crippen LogP contribution in [0.3, 0.4) is 0 Å². The van der Waals surface area contributed by atoms with E-state index in [0.29, 0.717) is 29.9 Å². The lowest BCUT2D eigenvalue weighted by atomic mass is 10.1. The molecule has 0 aliphatic carbocycles. The van der Waals surface area contributed by atoms with E-state index in [1.54, 1.807) is 53.3 Å². The number of imide groups is 1. The molecule has 0 spiro atoms. The number of benzene rings is 2. The summed E-state index contributed by atoms with van der Waals surface area (Å²) in [5, 5.41) is 9.73. The van der Waals surface area contributed by atoms with Gasteiger partial charge in [0, 0.05) is 24.8 Å². The molecule has 1 aromatic heterocycles. The minimum absolute atomic E-state index is 0.121. The Morgan fingerprint density at radius 3 is 2.27 bits per heavy atom. The fourth-order valence-electron chi connectivity index (χ4n) is 3.57. The van der Waals surface area contributed by atoms with Crippen molar-refractivity contribution in [3.05, 3.63) is 77.1 Å². The van der Waals surface area contributed by atoms with Crippen LogP contribution in [0.2, 0.25) is 0 Å². The highest BCUT2D eigenvalue weighted by Crippen LogP contribution is 2.29. The van der Waals surface area contributed by atoms with Gasteiger partial charge in [0.1, 0.15) is 0 Å². The van der Waals surface area contributed by atoms with Crippen LogP contribution in [0.5, 0.6) is 0 Å². The second-order valence-electron chi connectivity index (χ2n) is 7.50. The predicted molar refractivity (Wildman–Crippen MR) is 123 cm³/mol. The molecule has 2 heterocycles. The van der Waals surface area contributed by atoms with Crippen molar-refractivity contribution in [2.75, 3.05) is 16.8 Å². The molecule has 0 saturated heterocycles. The fourth-order valence-corrected chi connectivity index (χ4v) is 3.57. The molecule has 9 nitrogen and oxygen atoms in total. The molecular weight excluding hydrogens is 422 g/mol. The summed E-state index contributed by atoms with van der Waals surface area (Å²) in [6.45, 7) is 4.83. The Morgan fingerprint density at radius 2 is 1.64 bits per heavy atom. The van der Waals surface area contributed by atoms with Crippen LogP contribution in [-0.2, 0) is 6.54 Å². The van der Waals surface area contributed by atoms with E-state index in [-0.39, 0.29) is 22.9 Å². The molecule has 4 rings (SSSR count). The summed E-state index contributed by atoms with van der Waals surface area (Å²) in [7, 11) is 0. The maximum absolute atomic E-state index is 13.0. The molecule has 2 aromatic carbocycles. The molecule has 3 aromatic rings. The zero-order chi connectivity index (χ0) is 23.5. The molecule has 0 radical (unpaired) electrons. The average Bonchev–Trinajstić information content (AvgIpc) is 3.36. The fraction of sp³-hybridized carbons (Fsp3) is 0.208. The minimum atomic E-state index is -0.492. The molecule has 4 amide bonds. The summed E-state index contributed by atoms with van der Waals surface area (Å²) in [4.78, 5) is 52.0. The molecule has 0 bridgehead atoms. The smallest absolute Gasteiger partial charge is 0.273 e. The molecule has 0 atom stereocenters. The van der Waals surface area contributed by atoms with Crippen molar-refractivity contribution >= 4 is 35.0 Å². The number of rotatable bonds is 7. The van der Waals surface area contributed by atoms with Crippen LogP contribution in [0, 0.1) is 0 Å². The monoisotopic (exact) mass is 445 g/mol. The van der Waals surface area contributed by atoms with E-state index in [2.05, 4.69) is 15.7 Å². The summed E-state index contributed by atoms with van der Waals surface area (Å²) < 4.78 is 1.56. The van der Waals surface area contributed by atoms with E-state index < -0.39 is 17.7 Å². The van der Waals surface area contributed by atoms with Crippen LogP contribution < -0.4 is 15.5 Å². The van der Waals surface area contributed by atoms with Gasteiger partial charge in [0.25, 0.3) is 23.6 Å². The van der Waals surface area contributed by atoms with E-state index in [9.17, 15) is 19.2 Å². The van der Waals surface area contributed by atoms with Crippen LogP contribution >= 0.6 is 0 Å². The molecular formula is C24H23N5O4. The molecule has 0 fully saturated rings. The standard InChI is InChI=1S/C24H23N5O4/c1-3-12-25-22(31)20-19(14-28(4-2)27-20)26-21(30)15-8-7-9-16(13-15)29-23(32)17-10-5-6-11-18(17)24(29)33/h5-11,13-14H,3-4,12H2,1-2H3,(H,25,31)(H,26,30). The Hall–Kier alpha value is -4.27. The number of hydrogen-bond donors (Lipinski definition) is 2. The molecule has 33 heavy (non-hydrogen) atoms. The average molecular weight is 445 g/mol. The second-order valence-corrected chi connectivity index (χ2v) is 7.50. The highest BCUT2D eigenvalue weighted by Gasteiger charge is 2.36. The van der Waals surface area contributed by atoms with Crippen molar-refractivity contribution in [2.24, 2.45) is 0 Å². The first-order chi connectivity index (χ1) is 15.9. The van der Waals surface area contributed by atoms with Gasteiger partial charge in [-0.05, 0) is 43.7 Å². The van der Waals surface area contributed by atoms with E-state index >= 15 is 0 Å². The van der Waals surface area contributed by atoms with Gasteiger partial charge in [0.15, 0.2) is 5.69 Å². The molecule has 9 heteroatoms. The van der Waals surface area contributed by atoms with Crippen LogP contribution in [0.15, 0.2) is 54.7 Å². The first kappa shape index (κ1) is 21.9. The number of hydrogen-bond acceptors (Lipinski definition) is 5. The number of amides is 4. The molecule has 1 aliphatic rings. The number of carbonyl (C=O) groups excluding carboxylic acids is 4. The van der Waals surface area contributed by atoms with Crippen LogP contribution in [0.1, 0.15) is 61.8 Å². The number of aromatic nitrogens is 2. The highest BCUT2D eigenvalue weighted by atomic mass is 16.2. The van der Waals surface area contributed by atoms with Gasteiger partial charge >= 0.3 is 0 Å². The minimum Gasteiger partial charge on any atom is -0.351 e. The summed E-state index contributed by atoms with van der Waals surface area (Å²) >= 11 is 0. The van der Waals surface area contributed by atoms with Crippen molar-refractivity contribution in [1.29, 1.82) is 0 Å². The Labute approximate surface area is 190 Å². The molecule has 1 aliphatic heterocycles. The number of carbonyl (C=O) groups is 4. The third-order valence-corrected chi connectivity index (χ3v) is 5.25. The number of nitrogens with one attached hydrogen (secondary N) is 2. The van der Waals surface area contributed by atoms with E-state index in [4.69, 9.17) is 0 Å². The largest absolute Gasteiger partial charge is 0.351 e. The summed E-state index contributed by atoms with van der Waals surface area (Å²) in [5.74, 6) is -1.74. The maximum atomic E-state index is 13.0. The van der Waals surface area contributed by atoms with Gasteiger partial charge in [-0.3, -0.25) is 23.9 Å². The summed E-state index contributed by atoms with van der Waals surface area (Å²) in [6, 6.07) is 12.8. The van der Waals surface area contributed by atoms with Gasteiger partial charge < -0.3 is 10.6 Å². The Balaban J connectivity index is 1.59. The highest BCUT2D eigenvalue weighted by molar-refractivity contribution is 6.34. The summed E-state index contributed by atoms with van der Waals surface area (Å²) in [5.41, 5.74) is 1.57.